The molecule has 2 amide bonds. The number of hydrogen-bond acceptors (Lipinski definition) is 5. The van der Waals surface area contributed by atoms with Crippen LogP contribution in [0.25, 0.3) is 0 Å². The SMILES string of the molecule is CSc1ccncc1NC(=O)C1(F)CCN(C(=O)OC(C)(C)C)CC1. The number of ether oxygens (including phenoxy) is 1. The van der Waals surface area contributed by atoms with Crippen molar-refractivity contribution in [2.45, 2.75) is 49.8 Å². The van der Waals surface area contributed by atoms with Crippen LogP contribution in [0.4, 0.5) is 14.9 Å². The first-order valence-electron chi connectivity index (χ1n) is 8.11. The lowest BCUT2D eigenvalue weighted by atomic mass is 9.92. The van der Waals surface area contributed by atoms with Crippen LogP contribution in [0.3, 0.4) is 0 Å². The van der Waals surface area contributed by atoms with Crippen LogP contribution in [0, 0.1) is 0 Å². The average molecular weight is 369 g/mol. The molecule has 6 nitrogen and oxygen atoms in total. The fraction of sp³-hybridized carbons (Fsp3) is 0.588. The van der Waals surface area contributed by atoms with E-state index in [9.17, 15) is 9.59 Å². The fourth-order valence-corrected chi connectivity index (χ4v) is 3.01. The van der Waals surface area contributed by atoms with E-state index >= 15 is 4.39 Å². The number of halogens is 1. The Kier molecular flexibility index (Phi) is 5.92. The maximum atomic E-state index is 15.0. The number of anilines is 1. The summed E-state index contributed by atoms with van der Waals surface area (Å²) in [5, 5.41) is 2.62. The van der Waals surface area contributed by atoms with Gasteiger partial charge in [-0.2, -0.15) is 0 Å². The molecule has 1 fully saturated rings. The molecule has 0 unspecified atom stereocenters. The first kappa shape index (κ1) is 19.5. The maximum Gasteiger partial charge on any atom is 0.410 e. The minimum atomic E-state index is -2.01. The second kappa shape index (κ2) is 7.59. The Balaban J connectivity index is 1.97. The van der Waals surface area contributed by atoms with Gasteiger partial charge in [-0.1, -0.05) is 0 Å². The van der Waals surface area contributed by atoms with Crippen molar-refractivity contribution in [2.24, 2.45) is 0 Å². The molecule has 1 aliphatic heterocycles. The van der Waals surface area contributed by atoms with E-state index in [1.807, 2.05) is 6.26 Å². The number of carbonyl (C=O) groups excluding carboxylic acids is 2. The Morgan fingerprint density at radius 3 is 2.56 bits per heavy atom. The van der Waals surface area contributed by atoms with E-state index < -0.39 is 23.3 Å². The summed E-state index contributed by atoms with van der Waals surface area (Å²) >= 11 is 1.45. The monoisotopic (exact) mass is 369 g/mol. The predicted molar refractivity (Wildman–Crippen MR) is 95.5 cm³/mol. The molecule has 0 saturated carbocycles. The molecular weight excluding hydrogens is 345 g/mol. The normalized spacial score (nSPS) is 17.1. The minimum Gasteiger partial charge on any atom is -0.444 e. The summed E-state index contributed by atoms with van der Waals surface area (Å²) in [5.41, 5.74) is -2.12. The number of nitrogens with zero attached hydrogens (tertiary/aromatic N) is 2. The van der Waals surface area contributed by atoms with Gasteiger partial charge in [-0.15, -0.1) is 11.8 Å². The number of pyridine rings is 1. The lowest BCUT2D eigenvalue weighted by Crippen LogP contribution is -2.51. The van der Waals surface area contributed by atoms with Crippen molar-refractivity contribution >= 4 is 29.4 Å². The molecule has 1 aliphatic rings. The standard InChI is InChI=1S/C17H24FN3O3S/c1-16(2,3)24-15(23)21-9-6-17(18,7-10-21)14(22)20-12-11-19-8-5-13(12)25-4/h5,8,11H,6-7,9-10H2,1-4H3,(H,20,22). The van der Waals surface area contributed by atoms with E-state index in [1.165, 1.54) is 22.9 Å². The molecular formula is C17H24FN3O3S. The smallest absolute Gasteiger partial charge is 0.410 e. The Morgan fingerprint density at radius 2 is 2.00 bits per heavy atom. The van der Waals surface area contributed by atoms with Gasteiger partial charge in [-0.3, -0.25) is 9.78 Å². The topological polar surface area (TPSA) is 71.5 Å². The quantitative estimate of drug-likeness (QED) is 0.826. The zero-order valence-corrected chi connectivity index (χ0v) is 15.8. The third-order valence-corrected chi connectivity index (χ3v) is 4.66. The van der Waals surface area contributed by atoms with Crippen molar-refractivity contribution in [2.75, 3.05) is 24.7 Å². The number of nitrogens with one attached hydrogen (secondary N) is 1. The van der Waals surface area contributed by atoms with E-state index in [-0.39, 0.29) is 25.9 Å². The molecule has 0 aliphatic carbocycles. The van der Waals surface area contributed by atoms with E-state index in [1.54, 1.807) is 33.0 Å². The van der Waals surface area contributed by atoms with Crippen molar-refractivity contribution < 1.29 is 18.7 Å². The van der Waals surface area contributed by atoms with Gasteiger partial charge in [0, 0.05) is 37.0 Å². The second-order valence-electron chi connectivity index (χ2n) is 6.96. The molecule has 138 valence electrons. The van der Waals surface area contributed by atoms with Gasteiger partial charge >= 0.3 is 6.09 Å². The van der Waals surface area contributed by atoms with Crippen molar-refractivity contribution in [1.29, 1.82) is 0 Å². The number of piperidine rings is 1. The molecule has 1 aromatic rings. The van der Waals surface area contributed by atoms with Gasteiger partial charge in [0.15, 0.2) is 5.67 Å². The number of carbonyl (C=O) groups is 2. The van der Waals surface area contributed by atoms with Gasteiger partial charge in [0.05, 0.1) is 11.9 Å². The van der Waals surface area contributed by atoms with Crippen LogP contribution in [-0.2, 0) is 9.53 Å². The van der Waals surface area contributed by atoms with E-state index in [2.05, 4.69) is 10.3 Å². The lowest BCUT2D eigenvalue weighted by Gasteiger charge is -2.36. The minimum absolute atomic E-state index is 0.0626. The molecule has 1 N–H and O–H groups in total. The first-order valence-corrected chi connectivity index (χ1v) is 9.33. The Bertz CT molecular complexity index is 640. The highest BCUT2D eigenvalue weighted by atomic mass is 32.2. The highest BCUT2D eigenvalue weighted by Crippen LogP contribution is 2.31. The zero-order chi connectivity index (χ0) is 18.7. The molecule has 0 bridgehead atoms. The highest BCUT2D eigenvalue weighted by Gasteiger charge is 2.43. The van der Waals surface area contributed by atoms with E-state index in [0.29, 0.717) is 5.69 Å². The number of thioether (sulfide) groups is 1. The van der Waals surface area contributed by atoms with Crippen LogP contribution in [0.15, 0.2) is 23.4 Å². The lowest BCUT2D eigenvalue weighted by molar-refractivity contribution is -0.130. The van der Waals surface area contributed by atoms with Gasteiger partial charge < -0.3 is 15.0 Å². The predicted octanol–water partition coefficient (Wildman–Crippen LogP) is 3.48. The summed E-state index contributed by atoms with van der Waals surface area (Å²) in [5.74, 6) is -0.695. The summed E-state index contributed by atoms with van der Waals surface area (Å²) < 4.78 is 20.3. The number of hydrogen-bond donors (Lipinski definition) is 1. The number of likely N-dealkylation sites (tertiary alicyclic amines) is 1. The number of rotatable bonds is 3. The van der Waals surface area contributed by atoms with Gasteiger partial charge in [0.1, 0.15) is 5.60 Å². The van der Waals surface area contributed by atoms with Gasteiger partial charge in [0.2, 0.25) is 0 Å². The number of amides is 2. The van der Waals surface area contributed by atoms with Crippen molar-refractivity contribution in [3.05, 3.63) is 18.5 Å². The van der Waals surface area contributed by atoms with Gasteiger partial charge in [0.25, 0.3) is 5.91 Å². The molecule has 0 aromatic carbocycles. The Labute approximate surface area is 151 Å². The Morgan fingerprint density at radius 1 is 1.36 bits per heavy atom. The van der Waals surface area contributed by atoms with Crippen molar-refractivity contribution in [1.82, 2.24) is 9.88 Å². The molecule has 0 spiro atoms. The zero-order valence-electron chi connectivity index (χ0n) is 15.0. The molecule has 0 atom stereocenters. The third kappa shape index (κ3) is 5.07. The fourth-order valence-electron chi connectivity index (χ4n) is 2.49. The largest absolute Gasteiger partial charge is 0.444 e. The summed E-state index contributed by atoms with van der Waals surface area (Å²) in [6.45, 7) is 5.61. The highest BCUT2D eigenvalue weighted by molar-refractivity contribution is 7.98. The van der Waals surface area contributed by atoms with Gasteiger partial charge in [-0.05, 0) is 33.1 Å². The number of aromatic nitrogens is 1. The molecule has 0 radical (unpaired) electrons. The van der Waals surface area contributed by atoms with Crippen LogP contribution in [0.2, 0.25) is 0 Å². The molecule has 1 saturated heterocycles. The summed E-state index contributed by atoms with van der Waals surface area (Å²) in [7, 11) is 0. The first-order chi connectivity index (χ1) is 11.6. The van der Waals surface area contributed by atoms with Crippen LogP contribution in [-0.4, -0.2) is 52.5 Å². The van der Waals surface area contributed by atoms with Crippen molar-refractivity contribution in [3.63, 3.8) is 0 Å². The van der Waals surface area contributed by atoms with E-state index in [0.717, 1.165) is 4.90 Å². The van der Waals surface area contributed by atoms with Crippen LogP contribution < -0.4 is 5.32 Å². The van der Waals surface area contributed by atoms with Crippen LogP contribution >= 0.6 is 11.8 Å². The van der Waals surface area contributed by atoms with E-state index in [4.69, 9.17) is 4.74 Å². The summed E-state index contributed by atoms with van der Waals surface area (Å²) in [6.07, 6.45) is 4.39. The summed E-state index contributed by atoms with van der Waals surface area (Å²) in [4.78, 5) is 30.7. The van der Waals surface area contributed by atoms with Crippen LogP contribution in [0.5, 0.6) is 0 Å². The maximum absolute atomic E-state index is 15.0. The van der Waals surface area contributed by atoms with Crippen LogP contribution in [0.1, 0.15) is 33.6 Å². The molecule has 25 heavy (non-hydrogen) atoms. The molecule has 2 rings (SSSR count). The van der Waals surface area contributed by atoms with Crippen molar-refractivity contribution in [3.8, 4) is 0 Å². The molecule has 8 heteroatoms. The molecule has 1 aromatic heterocycles. The average Bonchev–Trinajstić information content (AvgIpc) is 2.54. The molecule has 2 heterocycles. The number of alkyl halides is 1. The second-order valence-corrected chi connectivity index (χ2v) is 7.81. The summed E-state index contributed by atoms with van der Waals surface area (Å²) in [6, 6.07) is 1.76. The van der Waals surface area contributed by atoms with Gasteiger partial charge in [-0.25, -0.2) is 9.18 Å². The Hall–Kier alpha value is -1.83. The third-order valence-electron chi connectivity index (χ3n) is 3.86.